The average Bonchev–Trinajstić information content (AvgIpc) is 2.35. The van der Waals surface area contributed by atoms with Crippen LogP contribution in [0.2, 0.25) is 0 Å². The molecule has 0 aromatic heterocycles. The van der Waals surface area contributed by atoms with E-state index in [1.54, 1.807) is 6.92 Å². The van der Waals surface area contributed by atoms with Gasteiger partial charge in [0.15, 0.2) is 0 Å². The Labute approximate surface area is 119 Å². The molecule has 0 amide bonds. The number of carbonyl (C=O) groups is 1. The summed E-state index contributed by atoms with van der Waals surface area (Å²) in [5.41, 5.74) is 0. The number of halogens is 2. The number of carboxylic acids is 1. The molecule has 5 heteroatoms. The molecule has 0 aromatic rings. The quantitative estimate of drug-likeness (QED) is 0.547. The van der Waals surface area contributed by atoms with Crippen LogP contribution in [0.3, 0.4) is 0 Å². The Morgan fingerprint density at radius 3 is 2.26 bits per heavy atom. The lowest BCUT2D eigenvalue weighted by Crippen LogP contribution is -2.32. The molecule has 2 nitrogen and oxygen atoms in total. The average molecular weight is 296 g/mol. The third kappa shape index (κ3) is 7.75. The normalized spacial score (nSPS) is 15.2. The number of hydrogen-bond donors (Lipinski definition) is 1. The van der Waals surface area contributed by atoms with E-state index in [-0.39, 0.29) is 12.8 Å². The van der Waals surface area contributed by atoms with E-state index in [1.165, 1.54) is 18.7 Å². The Morgan fingerprint density at radius 2 is 1.79 bits per heavy atom. The minimum Gasteiger partial charge on any atom is -0.480 e. The highest BCUT2D eigenvalue weighted by molar-refractivity contribution is 8.01. The van der Waals surface area contributed by atoms with Crippen LogP contribution in [0.1, 0.15) is 65.7 Å². The van der Waals surface area contributed by atoms with Crippen molar-refractivity contribution in [1.82, 2.24) is 0 Å². The van der Waals surface area contributed by atoms with Gasteiger partial charge in [-0.2, -0.15) is 0 Å². The van der Waals surface area contributed by atoms with E-state index < -0.39 is 16.6 Å². The smallest absolute Gasteiger partial charge is 0.319 e. The summed E-state index contributed by atoms with van der Waals surface area (Å²) >= 11 is 1.30. The Balaban J connectivity index is 4.11. The van der Waals surface area contributed by atoms with E-state index in [9.17, 15) is 18.7 Å². The summed E-state index contributed by atoms with van der Waals surface area (Å²) in [7, 11) is 0. The van der Waals surface area contributed by atoms with Crippen LogP contribution in [0.15, 0.2) is 0 Å². The first-order valence-electron chi connectivity index (χ1n) is 7.02. The SMILES string of the molecule is CCCCCC(C)(SCCCC(F)(F)CC)C(=O)O. The lowest BCUT2D eigenvalue weighted by Gasteiger charge is -2.24. The zero-order valence-corrected chi connectivity index (χ0v) is 13.0. The standard InChI is InChI=1S/C14H26F2O2S/c1-4-6-7-9-13(3,12(17)18)19-11-8-10-14(15,16)5-2/h4-11H2,1-3H3,(H,17,18). The fourth-order valence-corrected chi connectivity index (χ4v) is 2.91. The molecule has 0 saturated carbocycles. The maximum absolute atomic E-state index is 13.1. The van der Waals surface area contributed by atoms with Crippen LogP contribution in [0.5, 0.6) is 0 Å². The molecular weight excluding hydrogens is 270 g/mol. The van der Waals surface area contributed by atoms with Crippen molar-refractivity contribution < 1.29 is 18.7 Å². The van der Waals surface area contributed by atoms with E-state index in [2.05, 4.69) is 6.92 Å². The maximum atomic E-state index is 13.1. The molecule has 0 spiro atoms. The molecule has 0 rings (SSSR count). The largest absolute Gasteiger partial charge is 0.480 e. The Morgan fingerprint density at radius 1 is 1.16 bits per heavy atom. The zero-order valence-electron chi connectivity index (χ0n) is 12.2. The van der Waals surface area contributed by atoms with Crippen molar-refractivity contribution >= 4 is 17.7 Å². The Hall–Kier alpha value is -0.320. The highest BCUT2D eigenvalue weighted by Crippen LogP contribution is 2.33. The second-order valence-electron chi connectivity index (χ2n) is 5.15. The van der Waals surface area contributed by atoms with Gasteiger partial charge >= 0.3 is 5.97 Å². The molecule has 0 aliphatic rings. The third-order valence-electron chi connectivity index (χ3n) is 3.33. The minimum absolute atomic E-state index is 0.148. The van der Waals surface area contributed by atoms with Gasteiger partial charge in [-0.25, -0.2) is 8.78 Å². The van der Waals surface area contributed by atoms with Gasteiger partial charge in [0, 0.05) is 12.8 Å². The summed E-state index contributed by atoms with van der Waals surface area (Å²) in [6.45, 7) is 5.24. The van der Waals surface area contributed by atoms with Gasteiger partial charge in [0.1, 0.15) is 4.75 Å². The fourth-order valence-electron chi connectivity index (χ4n) is 1.76. The molecule has 0 aliphatic carbocycles. The van der Waals surface area contributed by atoms with Crippen molar-refractivity contribution in [1.29, 1.82) is 0 Å². The fraction of sp³-hybridized carbons (Fsp3) is 0.929. The molecule has 0 radical (unpaired) electrons. The van der Waals surface area contributed by atoms with Crippen LogP contribution < -0.4 is 0 Å². The highest BCUT2D eigenvalue weighted by atomic mass is 32.2. The summed E-state index contributed by atoms with van der Waals surface area (Å²) in [6.07, 6.45) is 3.59. The molecule has 1 unspecified atom stereocenters. The monoisotopic (exact) mass is 296 g/mol. The molecule has 0 heterocycles. The van der Waals surface area contributed by atoms with Gasteiger partial charge in [0.05, 0.1) is 0 Å². The van der Waals surface area contributed by atoms with E-state index in [1.807, 2.05) is 0 Å². The summed E-state index contributed by atoms with van der Waals surface area (Å²) in [6, 6.07) is 0. The molecule has 0 fully saturated rings. The number of alkyl halides is 2. The molecule has 0 saturated heterocycles. The predicted molar refractivity (Wildman–Crippen MR) is 77.1 cm³/mol. The highest BCUT2D eigenvalue weighted by Gasteiger charge is 2.33. The molecule has 114 valence electrons. The van der Waals surface area contributed by atoms with Crippen molar-refractivity contribution in [3.8, 4) is 0 Å². The number of rotatable bonds is 11. The van der Waals surface area contributed by atoms with Gasteiger partial charge in [-0.15, -0.1) is 11.8 Å². The van der Waals surface area contributed by atoms with E-state index >= 15 is 0 Å². The molecule has 1 atom stereocenters. The lowest BCUT2D eigenvalue weighted by molar-refractivity contribution is -0.139. The van der Waals surface area contributed by atoms with E-state index in [4.69, 9.17) is 0 Å². The molecule has 1 N–H and O–H groups in total. The van der Waals surface area contributed by atoms with Crippen molar-refractivity contribution in [2.45, 2.75) is 76.4 Å². The first kappa shape index (κ1) is 18.7. The number of hydrogen-bond acceptors (Lipinski definition) is 2. The minimum atomic E-state index is -2.61. The first-order valence-corrected chi connectivity index (χ1v) is 8.01. The molecule has 19 heavy (non-hydrogen) atoms. The summed E-state index contributed by atoms with van der Waals surface area (Å²) in [5.74, 6) is -2.97. The van der Waals surface area contributed by atoms with Crippen molar-refractivity contribution in [2.24, 2.45) is 0 Å². The Bertz CT molecular complexity index is 272. The van der Waals surface area contributed by atoms with Gasteiger partial charge in [-0.05, 0) is 25.5 Å². The van der Waals surface area contributed by atoms with Gasteiger partial charge in [0.2, 0.25) is 5.92 Å². The van der Waals surface area contributed by atoms with Crippen LogP contribution in [0.25, 0.3) is 0 Å². The summed E-state index contributed by atoms with van der Waals surface area (Å²) in [5, 5.41) is 9.27. The topological polar surface area (TPSA) is 37.3 Å². The Kier molecular flexibility index (Phi) is 8.62. The van der Waals surface area contributed by atoms with E-state index in [0.717, 1.165) is 19.3 Å². The maximum Gasteiger partial charge on any atom is 0.319 e. The van der Waals surface area contributed by atoms with Gasteiger partial charge in [-0.3, -0.25) is 4.79 Å². The van der Waals surface area contributed by atoms with Crippen LogP contribution in [0.4, 0.5) is 8.78 Å². The van der Waals surface area contributed by atoms with Gasteiger partial charge in [0.25, 0.3) is 0 Å². The number of aliphatic carboxylic acids is 1. The second-order valence-corrected chi connectivity index (χ2v) is 6.75. The molecule has 0 aromatic carbocycles. The summed E-state index contributed by atoms with van der Waals surface area (Å²) < 4.78 is 25.3. The van der Waals surface area contributed by atoms with Crippen LogP contribution in [0, 0.1) is 0 Å². The lowest BCUT2D eigenvalue weighted by atomic mass is 10.0. The van der Waals surface area contributed by atoms with E-state index in [0.29, 0.717) is 18.6 Å². The van der Waals surface area contributed by atoms with Crippen molar-refractivity contribution in [3.05, 3.63) is 0 Å². The third-order valence-corrected chi connectivity index (χ3v) is 4.84. The predicted octanol–water partition coefficient (Wildman–Crippen LogP) is 4.97. The zero-order chi connectivity index (χ0) is 14.9. The molecular formula is C14H26F2O2S. The van der Waals surface area contributed by atoms with Crippen LogP contribution >= 0.6 is 11.8 Å². The second kappa shape index (κ2) is 8.77. The van der Waals surface area contributed by atoms with Crippen LogP contribution in [-0.2, 0) is 4.79 Å². The molecule has 0 bridgehead atoms. The number of thioether (sulfide) groups is 1. The van der Waals surface area contributed by atoms with Gasteiger partial charge < -0.3 is 5.11 Å². The van der Waals surface area contributed by atoms with Crippen molar-refractivity contribution in [3.63, 3.8) is 0 Å². The number of carboxylic acid groups (broad SMARTS) is 1. The van der Waals surface area contributed by atoms with Crippen molar-refractivity contribution in [2.75, 3.05) is 5.75 Å². The van der Waals surface area contributed by atoms with Gasteiger partial charge in [-0.1, -0.05) is 33.1 Å². The first-order chi connectivity index (χ1) is 8.77. The van der Waals surface area contributed by atoms with Crippen LogP contribution in [-0.4, -0.2) is 27.5 Å². The number of unbranched alkanes of at least 4 members (excludes halogenated alkanes) is 2. The summed E-state index contributed by atoms with van der Waals surface area (Å²) in [4.78, 5) is 11.3. The molecule has 0 aliphatic heterocycles.